The molecular formula is C22H21NO5. The standard InChI is InChI=1S/C22H21NO5/c1-3-7-13(2)23-18(24)12-28-22(27)17-11-6-10-16-19(17)21(26)15-9-5-4-8-14(15)20(16)25/h4-6,8-11,13H,3,7,12H2,1-2H3,(H,23,24)/t13-/m1/s1. The number of carbonyl (C=O) groups excluding carboxylic acids is 4. The van der Waals surface area contributed by atoms with Crippen LogP contribution in [0.1, 0.15) is 68.9 Å². The van der Waals surface area contributed by atoms with Crippen LogP contribution in [0, 0.1) is 0 Å². The third-order valence-corrected chi connectivity index (χ3v) is 4.64. The molecule has 1 amide bonds. The van der Waals surface area contributed by atoms with Crippen molar-refractivity contribution in [2.75, 3.05) is 6.61 Å². The van der Waals surface area contributed by atoms with E-state index in [1.54, 1.807) is 24.3 Å². The van der Waals surface area contributed by atoms with Gasteiger partial charge in [0.15, 0.2) is 18.2 Å². The molecule has 0 aliphatic heterocycles. The first kappa shape index (κ1) is 19.5. The van der Waals surface area contributed by atoms with Crippen molar-refractivity contribution in [1.29, 1.82) is 0 Å². The van der Waals surface area contributed by atoms with Gasteiger partial charge in [-0.2, -0.15) is 0 Å². The number of amides is 1. The van der Waals surface area contributed by atoms with E-state index < -0.39 is 24.3 Å². The lowest BCUT2D eigenvalue weighted by molar-refractivity contribution is -0.124. The molecule has 0 fully saturated rings. The highest BCUT2D eigenvalue weighted by molar-refractivity contribution is 6.30. The first-order valence-corrected chi connectivity index (χ1v) is 9.22. The summed E-state index contributed by atoms with van der Waals surface area (Å²) in [7, 11) is 0. The first-order chi connectivity index (χ1) is 13.4. The Morgan fingerprint density at radius 2 is 1.61 bits per heavy atom. The first-order valence-electron chi connectivity index (χ1n) is 9.22. The minimum absolute atomic E-state index is 0.0141. The average molecular weight is 379 g/mol. The van der Waals surface area contributed by atoms with E-state index in [-0.39, 0.29) is 34.1 Å². The van der Waals surface area contributed by atoms with E-state index in [9.17, 15) is 19.2 Å². The Morgan fingerprint density at radius 3 is 2.29 bits per heavy atom. The van der Waals surface area contributed by atoms with Gasteiger partial charge in [-0.25, -0.2) is 4.79 Å². The number of benzene rings is 2. The van der Waals surface area contributed by atoms with Crippen molar-refractivity contribution in [3.05, 3.63) is 70.3 Å². The van der Waals surface area contributed by atoms with Crippen LogP contribution in [0.3, 0.4) is 0 Å². The normalized spacial score (nSPS) is 13.4. The van der Waals surface area contributed by atoms with Gasteiger partial charge in [0.05, 0.1) is 5.56 Å². The van der Waals surface area contributed by atoms with E-state index in [1.165, 1.54) is 18.2 Å². The number of nitrogens with one attached hydrogen (secondary N) is 1. The number of carbonyl (C=O) groups is 4. The molecule has 0 aromatic heterocycles. The SMILES string of the molecule is CCC[C@@H](C)NC(=O)COC(=O)c1cccc2c1C(=O)c1ccccc1C2=O. The number of esters is 1. The number of rotatable bonds is 6. The van der Waals surface area contributed by atoms with Crippen LogP contribution in [0.2, 0.25) is 0 Å². The summed E-state index contributed by atoms with van der Waals surface area (Å²) in [4.78, 5) is 50.1. The van der Waals surface area contributed by atoms with Gasteiger partial charge in [0.2, 0.25) is 0 Å². The van der Waals surface area contributed by atoms with Gasteiger partial charge in [0.1, 0.15) is 0 Å². The van der Waals surface area contributed by atoms with Crippen LogP contribution in [0.15, 0.2) is 42.5 Å². The second-order valence-corrected chi connectivity index (χ2v) is 6.77. The summed E-state index contributed by atoms with van der Waals surface area (Å²) >= 11 is 0. The van der Waals surface area contributed by atoms with Gasteiger partial charge in [-0.05, 0) is 19.4 Å². The molecule has 1 aliphatic rings. The maximum atomic E-state index is 12.9. The molecule has 0 saturated heterocycles. The summed E-state index contributed by atoms with van der Waals surface area (Å²) in [6, 6.07) is 10.9. The van der Waals surface area contributed by atoms with Crippen molar-refractivity contribution in [2.45, 2.75) is 32.7 Å². The van der Waals surface area contributed by atoms with E-state index >= 15 is 0 Å². The van der Waals surface area contributed by atoms with E-state index in [0.29, 0.717) is 5.56 Å². The highest BCUT2D eigenvalue weighted by Gasteiger charge is 2.33. The molecular weight excluding hydrogens is 358 g/mol. The fraction of sp³-hybridized carbons (Fsp3) is 0.273. The monoisotopic (exact) mass is 379 g/mol. The highest BCUT2D eigenvalue weighted by atomic mass is 16.5. The Labute approximate surface area is 162 Å². The van der Waals surface area contributed by atoms with Crippen LogP contribution in [0.25, 0.3) is 0 Å². The minimum atomic E-state index is -0.810. The molecule has 1 aliphatic carbocycles. The number of hydrogen-bond acceptors (Lipinski definition) is 5. The molecule has 0 spiro atoms. The van der Waals surface area contributed by atoms with Crippen molar-refractivity contribution in [3.8, 4) is 0 Å². The van der Waals surface area contributed by atoms with Crippen molar-refractivity contribution >= 4 is 23.4 Å². The van der Waals surface area contributed by atoms with Crippen molar-refractivity contribution < 1.29 is 23.9 Å². The van der Waals surface area contributed by atoms with Gasteiger partial charge in [0, 0.05) is 28.3 Å². The molecule has 144 valence electrons. The lowest BCUT2D eigenvalue weighted by atomic mass is 9.82. The predicted molar refractivity (Wildman–Crippen MR) is 103 cm³/mol. The second-order valence-electron chi connectivity index (χ2n) is 6.77. The van der Waals surface area contributed by atoms with Crippen LogP contribution in [-0.4, -0.2) is 36.1 Å². The van der Waals surface area contributed by atoms with Crippen LogP contribution in [-0.2, 0) is 9.53 Å². The fourth-order valence-electron chi connectivity index (χ4n) is 3.35. The Morgan fingerprint density at radius 1 is 0.964 bits per heavy atom. The molecule has 6 heteroatoms. The Kier molecular flexibility index (Phi) is 5.68. The van der Waals surface area contributed by atoms with Crippen LogP contribution in [0.5, 0.6) is 0 Å². The third kappa shape index (κ3) is 3.71. The third-order valence-electron chi connectivity index (χ3n) is 4.64. The Balaban J connectivity index is 1.81. The summed E-state index contributed by atoms with van der Waals surface area (Å²) in [5, 5.41) is 2.74. The number of ether oxygens (including phenoxy) is 1. The predicted octanol–water partition coefficient (Wildman–Crippen LogP) is 2.92. The van der Waals surface area contributed by atoms with Crippen molar-refractivity contribution in [1.82, 2.24) is 5.32 Å². The van der Waals surface area contributed by atoms with Crippen molar-refractivity contribution in [3.63, 3.8) is 0 Å². The number of fused-ring (bicyclic) bond motifs is 2. The number of ketones is 2. The molecule has 0 heterocycles. The Hall–Kier alpha value is -3.28. The van der Waals surface area contributed by atoms with Gasteiger partial charge >= 0.3 is 5.97 Å². The van der Waals surface area contributed by atoms with Crippen molar-refractivity contribution in [2.24, 2.45) is 0 Å². The quantitative estimate of drug-likeness (QED) is 0.665. The molecule has 1 atom stereocenters. The molecule has 3 rings (SSSR count). The highest BCUT2D eigenvalue weighted by Crippen LogP contribution is 2.29. The molecule has 2 aromatic rings. The molecule has 2 aromatic carbocycles. The maximum absolute atomic E-state index is 12.9. The molecule has 0 unspecified atom stereocenters. The second kappa shape index (κ2) is 8.17. The number of hydrogen-bond donors (Lipinski definition) is 1. The van der Waals surface area contributed by atoms with Gasteiger partial charge < -0.3 is 10.1 Å². The van der Waals surface area contributed by atoms with Gasteiger partial charge in [-0.1, -0.05) is 49.7 Å². The zero-order chi connectivity index (χ0) is 20.3. The van der Waals surface area contributed by atoms with E-state index in [2.05, 4.69) is 5.32 Å². The van der Waals surface area contributed by atoms with E-state index in [4.69, 9.17) is 4.74 Å². The van der Waals surface area contributed by atoms with Gasteiger partial charge in [0.25, 0.3) is 5.91 Å². The lowest BCUT2D eigenvalue weighted by Gasteiger charge is -2.19. The zero-order valence-corrected chi connectivity index (χ0v) is 15.8. The summed E-state index contributed by atoms with van der Waals surface area (Å²) in [5.74, 6) is -1.94. The largest absolute Gasteiger partial charge is 0.452 e. The Bertz CT molecular complexity index is 963. The topological polar surface area (TPSA) is 89.5 Å². The molecule has 1 N–H and O–H groups in total. The summed E-state index contributed by atoms with van der Waals surface area (Å²) < 4.78 is 5.09. The smallest absolute Gasteiger partial charge is 0.339 e. The summed E-state index contributed by atoms with van der Waals surface area (Å²) in [5.41, 5.74) is 0.746. The van der Waals surface area contributed by atoms with E-state index in [0.717, 1.165) is 12.8 Å². The van der Waals surface area contributed by atoms with Crippen LogP contribution in [0.4, 0.5) is 0 Å². The summed E-state index contributed by atoms with van der Waals surface area (Å²) in [6.07, 6.45) is 1.75. The molecule has 0 bridgehead atoms. The van der Waals surface area contributed by atoms with Gasteiger partial charge in [-0.15, -0.1) is 0 Å². The van der Waals surface area contributed by atoms with Crippen LogP contribution >= 0.6 is 0 Å². The molecule has 0 radical (unpaired) electrons. The summed E-state index contributed by atoms with van der Waals surface area (Å²) in [6.45, 7) is 3.44. The molecule has 28 heavy (non-hydrogen) atoms. The molecule has 0 saturated carbocycles. The van der Waals surface area contributed by atoms with Gasteiger partial charge in [-0.3, -0.25) is 14.4 Å². The van der Waals surface area contributed by atoms with Crippen LogP contribution < -0.4 is 5.32 Å². The average Bonchev–Trinajstić information content (AvgIpc) is 2.69. The minimum Gasteiger partial charge on any atom is -0.452 e. The lowest BCUT2D eigenvalue weighted by Crippen LogP contribution is -2.36. The molecule has 6 nitrogen and oxygen atoms in total. The zero-order valence-electron chi connectivity index (χ0n) is 15.8. The van der Waals surface area contributed by atoms with E-state index in [1.807, 2.05) is 13.8 Å². The maximum Gasteiger partial charge on any atom is 0.339 e. The fourth-order valence-corrected chi connectivity index (χ4v) is 3.35.